The van der Waals surface area contributed by atoms with Gasteiger partial charge in [0.05, 0.1) is 11.1 Å². The Kier molecular flexibility index (Phi) is 9.96. The quantitative estimate of drug-likeness (QED) is 0.201. The molecule has 4 amide bonds. The monoisotopic (exact) mass is 621 g/mol. The van der Waals surface area contributed by atoms with E-state index >= 15 is 0 Å². The van der Waals surface area contributed by atoms with Crippen LogP contribution in [0.4, 0.5) is 27.2 Å². The lowest BCUT2D eigenvalue weighted by Crippen LogP contribution is -2.52. The van der Waals surface area contributed by atoms with Gasteiger partial charge in [0.2, 0.25) is 5.91 Å². The molecule has 0 spiro atoms. The zero-order valence-electron chi connectivity index (χ0n) is 24.6. The van der Waals surface area contributed by atoms with Crippen molar-refractivity contribution >= 4 is 57.9 Å². The number of carbonyl (C=O) groups is 4. The number of carbonyl (C=O) groups excluding carboxylic acids is 4. The topological polar surface area (TPSA) is 162 Å². The number of aldehydes is 1. The van der Waals surface area contributed by atoms with E-state index in [1.165, 1.54) is 22.4 Å². The van der Waals surface area contributed by atoms with Crippen LogP contribution in [-0.2, 0) is 9.59 Å². The molecule has 0 bridgehead atoms. The van der Waals surface area contributed by atoms with Crippen LogP contribution in [0.25, 0.3) is 0 Å². The molecule has 0 aliphatic carbocycles. The molecule has 2 aliphatic rings. The number of anilines is 4. The highest BCUT2D eigenvalue weighted by molar-refractivity contribution is 7.17. The van der Waals surface area contributed by atoms with E-state index in [-0.39, 0.29) is 24.8 Å². The van der Waals surface area contributed by atoms with Gasteiger partial charge in [-0.1, -0.05) is 11.3 Å². The van der Waals surface area contributed by atoms with Crippen molar-refractivity contribution in [3.8, 4) is 5.75 Å². The number of rotatable bonds is 12. The normalized spacial score (nSPS) is 17.3. The average Bonchev–Trinajstić information content (AvgIpc) is 3.46. The lowest BCUT2D eigenvalue weighted by molar-refractivity contribution is -0.123. The number of imide groups is 1. The first kappa shape index (κ1) is 30.8. The van der Waals surface area contributed by atoms with Crippen LogP contribution in [0.3, 0.4) is 0 Å². The van der Waals surface area contributed by atoms with E-state index in [4.69, 9.17) is 4.74 Å². The molecule has 2 saturated heterocycles. The van der Waals surface area contributed by atoms with E-state index < -0.39 is 6.03 Å². The van der Waals surface area contributed by atoms with Gasteiger partial charge in [0.15, 0.2) is 18.0 Å². The highest BCUT2D eigenvalue weighted by Crippen LogP contribution is 2.25. The van der Waals surface area contributed by atoms with Crippen molar-refractivity contribution in [2.75, 3.05) is 61.0 Å². The SMILES string of the molecule is Cc1nc(Nc2ncc(C=O)s2)cc(N2CCN(CCCNC(=O)COc3ccc(N4CCC(=O)NC4=O)cc3)[C@H](C)C2)n1. The summed E-state index contributed by atoms with van der Waals surface area (Å²) in [5.41, 5.74) is 0.650. The number of thiazole rings is 1. The van der Waals surface area contributed by atoms with Gasteiger partial charge in [-0.3, -0.25) is 29.5 Å². The Balaban J connectivity index is 1.01. The fraction of sp³-hybridized carbons (Fsp3) is 0.414. The number of benzene rings is 1. The number of ether oxygens (including phenoxy) is 1. The summed E-state index contributed by atoms with van der Waals surface area (Å²) >= 11 is 1.27. The van der Waals surface area contributed by atoms with Crippen LogP contribution in [0.5, 0.6) is 5.75 Å². The Morgan fingerprint density at radius 3 is 2.73 bits per heavy atom. The van der Waals surface area contributed by atoms with Crippen LogP contribution >= 0.6 is 11.3 Å². The summed E-state index contributed by atoms with van der Waals surface area (Å²) in [6.07, 6.45) is 3.36. The number of hydrogen-bond acceptors (Lipinski definition) is 12. The van der Waals surface area contributed by atoms with Gasteiger partial charge < -0.3 is 20.3 Å². The minimum Gasteiger partial charge on any atom is -0.484 e. The molecule has 0 radical (unpaired) electrons. The van der Waals surface area contributed by atoms with E-state index in [1.807, 2.05) is 13.0 Å². The van der Waals surface area contributed by atoms with Crippen molar-refractivity contribution in [1.29, 1.82) is 0 Å². The maximum Gasteiger partial charge on any atom is 0.328 e. The zero-order valence-corrected chi connectivity index (χ0v) is 25.4. The second-order valence-electron chi connectivity index (χ2n) is 10.5. The number of nitrogens with zero attached hydrogens (tertiary/aromatic N) is 6. The van der Waals surface area contributed by atoms with Crippen molar-refractivity contribution < 1.29 is 23.9 Å². The third-order valence-corrected chi connectivity index (χ3v) is 8.14. The molecule has 0 saturated carbocycles. The number of nitrogens with one attached hydrogen (secondary N) is 3. The smallest absolute Gasteiger partial charge is 0.328 e. The number of amides is 4. The second kappa shape index (κ2) is 14.2. The van der Waals surface area contributed by atoms with Crippen LogP contribution in [0.15, 0.2) is 36.5 Å². The first-order valence-corrected chi connectivity index (χ1v) is 15.2. The average molecular weight is 622 g/mol. The summed E-state index contributed by atoms with van der Waals surface area (Å²) < 4.78 is 5.60. The summed E-state index contributed by atoms with van der Waals surface area (Å²) in [6, 6.07) is 8.58. The second-order valence-corrected chi connectivity index (χ2v) is 11.6. The predicted molar refractivity (Wildman–Crippen MR) is 166 cm³/mol. The lowest BCUT2D eigenvalue weighted by Gasteiger charge is -2.40. The molecular weight excluding hydrogens is 586 g/mol. The van der Waals surface area contributed by atoms with E-state index in [0.29, 0.717) is 52.2 Å². The Bertz CT molecular complexity index is 1500. The number of piperazine rings is 1. The minimum absolute atomic E-state index is 0.108. The standard InChI is InChI=1S/C29H35N9O5S/c1-19-16-37(25-14-24(32-20(2)33-25)34-28-31-15-23(17-39)44-28)13-12-36(19)10-3-9-30-27(41)18-43-22-6-4-21(5-7-22)38-11-8-26(40)35-29(38)42/h4-7,14-15,17,19H,3,8-13,16,18H2,1-2H3,(H,30,41)(H,35,40,42)(H,31,32,33,34)/t19-/m1/s1. The van der Waals surface area contributed by atoms with Crippen molar-refractivity contribution in [3.63, 3.8) is 0 Å². The fourth-order valence-electron chi connectivity index (χ4n) is 5.06. The number of aromatic nitrogens is 3. The summed E-state index contributed by atoms with van der Waals surface area (Å²) in [5, 5.41) is 8.98. The molecule has 2 aromatic heterocycles. The number of aryl methyl sites for hydroxylation is 1. The first-order valence-electron chi connectivity index (χ1n) is 14.4. The number of hydrogen-bond donors (Lipinski definition) is 3. The van der Waals surface area contributed by atoms with Crippen LogP contribution in [0.1, 0.15) is 35.3 Å². The highest BCUT2D eigenvalue weighted by Gasteiger charge is 2.25. The van der Waals surface area contributed by atoms with Crippen molar-refractivity contribution in [1.82, 2.24) is 30.5 Å². The Morgan fingerprint density at radius 2 is 2.00 bits per heavy atom. The molecule has 2 aliphatic heterocycles. The molecular formula is C29H35N9O5S. The molecule has 3 N–H and O–H groups in total. The summed E-state index contributed by atoms with van der Waals surface area (Å²) in [5.74, 6) is 2.15. The van der Waals surface area contributed by atoms with Gasteiger partial charge in [-0.05, 0) is 44.5 Å². The lowest BCUT2D eigenvalue weighted by atomic mass is 10.1. The maximum absolute atomic E-state index is 12.3. The van der Waals surface area contributed by atoms with Crippen LogP contribution < -0.4 is 30.5 Å². The molecule has 1 aromatic carbocycles. The van der Waals surface area contributed by atoms with E-state index in [1.54, 1.807) is 24.3 Å². The molecule has 3 aromatic rings. The van der Waals surface area contributed by atoms with Crippen LogP contribution in [0, 0.1) is 6.92 Å². The molecule has 14 nitrogen and oxygen atoms in total. The predicted octanol–water partition coefficient (Wildman–Crippen LogP) is 2.34. The fourth-order valence-corrected chi connectivity index (χ4v) is 5.70. The number of urea groups is 1. The highest BCUT2D eigenvalue weighted by atomic mass is 32.1. The van der Waals surface area contributed by atoms with E-state index in [2.05, 4.69) is 47.6 Å². The van der Waals surface area contributed by atoms with E-state index in [9.17, 15) is 19.2 Å². The third kappa shape index (κ3) is 8.05. The van der Waals surface area contributed by atoms with Gasteiger partial charge in [0.1, 0.15) is 23.2 Å². The Morgan fingerprint density at radius 1 is 1.18 bits per heavy atom. The van der Waals surface area contributed by atoms with Gasteiger partial charge >= 0.3 is 6.03 Å². The Labute approximate surface area is 258 Å². The van der Waals surface area contributed by atoms with Gasteiger partial charge in [-0.25, -0.2) is 19.7 Å². The molecule has 0 unspecified atom stereocenters. The largest absolute Gasteiger partial charge is 0.484 e. The van der Waals surface area contributed by atoms with Gasteiger partial charge in [0, 0.05) is 63.5 Å². The summed E-state index contributed by atoms with van der Waals surface area (Å²) in [4.78, 5) is 66.6. The van der Waals surface area contributed by atoms with Crippen molar-refractivity contribution in [3.05, 3.63) is 47.2 Å². The molecule has 5 rings (SSSR count). The zero-order chi connectivity index (χ0) is 31.1. The molecule has 1 atom stereocenters. The summed E-state index contributed by atoms with van der Waals surface area (Å²) in [7, 11) is 0. The molecule has 4 heterocycles. The summed E-state index contributed by atoms with van der Waals surface area (Å²) in [6.45, 7) is 8.13. The van der Waals surface area contributed by atoms with Gasteiger partial charge in [-0.2, -0.15) is 0 Å². The van der Waals surface area contributed by atoms with Gasteiger partial charge in [-0.15, -0.1) is 0 Å². The van der Waals surface area contributed by atoms with Crippen LogP contribution in [-0.4, -0.2) is 95.9 Å². The van der Waals surface area contributed by atoms with Crippen molar-refractivity contribution in [2.45, 2.75) is 32.7 Å². The molecule has 232 valence electrons. The molecule has 15 heteroatoms. The molecule has 2 fully saturated rings. The maximum atomic E-state index is 12.3. The molecule has 44 heavy (non-hydrogen) atoms. The third-order valence-electron chi connectivity index (χ3n) is 7.30. The van der Waals surface area contributed by atoms with E-state index in [0.717, 1.165) is 44.7 Å². The first-order chi connectivity index (χ1) is 21.3. The van der Waals surface area contributed by atoms with Crippen molar-refractivity contribution in [2.24, 2.45) is 0 Å². The minimum atomic E-state index is -0.447. The Hall–Kier alpha value is -4.63. The van der Waals surface area contributed by atoms with Gasteiger partial charge in [0.25, 0.3) is 5.91 Å². The van der Waals surface area contributed by atoms with Crippen LogP contribution in [0.2, 0.25) is 0 Å².